The first-order valence-corrected chi connectivity index (χ1v) is 8.58. The minimum atomic E-state index is -0.808. The lowest BCUT2D eigenvalue weighted by atomic mass is 10.1. The van der Waals surface area contributed by atoms with Crippen LogP contribution in [0.4, 0.5) is 5.95 Å². The van der Waals surface area contributed by atoms with Crippen molar-refractivity contribution in [1.82, 2.24) is 18.7 Å². The Morgan fingerprint density at radius 1 is 1.15 bits per heavy atom. The maximum atomic E-state index is 12.7. The molecule has 1 atom stereocenters. The quantitative estimate of drug-likeness (QED) is 0.686. The zero-order valence-corrected chi connectivity index (χ0v) is 15.1. The van der Waals surface area contributed by atoms with Crippen LogP contribution in [-0.4, -0.2) is 30.3 Å². The first-order chi connectivity index (χ1) is 12.5. The Labute approximate surface area is 150 Å². The highest BCUT2D eigenvalue weighted by molar-refractivity contribution is 5.74. The molecule has 0 aliphatic carbocycles. The molecule has 0 unspecified atom stereocenters. The van der Waals surface area contributed by atoms with Gasteiger partial charge in [-0.2, -0.15) is 4.98 Å². The molecular weight excluding hydrogens is 334 g/mol. The maximum Gasteiger partial charge on any atom is 0.332 e. The number of aliphatic hydroxyl groups excluding tert-OH is 1. The molecule has 3 rings (SSSR count). The molecule has 0 radical (unpaired) electrons. The van der Waals surface area contributed by atoms with Crippen LogP contribution in [0.3, 0.4) is 0 Å². The van der Waals surface area contributed by atoms with E-state index >= 15 is 0 Å². The van der Waals surface area contributed by atoms with Gasteiger partial charge in [0.1, 0.15) is 0 Å². The molecule has 0 fully saturated rings. The fraction of sp³-hybridized carbons (Fsp3) is 0.389. The molecule has 26 heavy (non-hydrogen) atoms. The SMILES string of the molecule is CCCNc1nc2c(c(=O)n(C)c(=O)n2C)n1C[C@H](O)c1ccccc1. The number of aromatic nitrogens is 4. The summed E-state index contributed by atoms with van der Waals surface area (Å²) in [6, 6.07) is 9.24. The van der Waals surface area contributed by atoms with Gasteiger partial charge in [0.15, 0.2) is 11.2 Å². The molecule has 2 N–H and O–H groups in total. The number of aliphatic hydroxyl groups is 1. The van der Waals surface area contributed by atoms with Crippen LogP contribution < -0.4 is 16.6 Å². The number of hydrogen-bond acceptors (Lipinski definition) is 5. The van der Waals surface area contributed by atoms with Gasteiger partial charge in [0.05, 0.1) is 12.6 Å². The molecule has 0 amide bonds. The molecule has 138 valence electrons. The molecule has 2 heterocycles. The average molecular weight is 357 g/mol. The van der Waals surface area contributed by atoms with Crippen molar-refractivity contribution in [3.8, 4) is 0 Å². The molecule has 8 heteroatoms. The number of rotatable bonds is 6. The van der Waals surface area contributed by atoms with E-state index in [0.29, 0.717) is 23.7 Å². The first kappa shape index (κ1) is 17.9. The van der Waals surface area contributed by atoms with Crippen LogP contribution in [0.2, 0.25) is 0 Å². The van der Waals surface area contributed by atoms with Crippen molar-refractivity contribution in [3.05, 3.63) is 56.7 Å². The van der Waals surface area contributed by atoms with Gasteiger partial charge in [-0.3, -0.25) is 13.9 Å². The van der Waals surface area contributed by atoms with Crippen molar-refractivity contribution in [2.45, 2.75) is 26.0 Å². The van der Waals surface area contributed by atoms with Crippen LogP contribution in [-0.2, 0) is 20.6 Å². The van der Waals surface area contributed by atoms with E-state index in [1.165, 1.54) is 11.6 Å². The summed E-state index contributed by atoms with van der Waals surface area (Å²) in [5.41, 5.74) is 0.482. The van der Waals surface area contributed by atoms with Gasteiger partial charge < -0.3 is 15.0 Å². The van der Waals surface area contributed by atoms with Gasteiger partial charge in [-0.1, -0.05) is 37.3 Å². The highest BCUT2D eigenvalue weighted by atomic mass is 16.3. The third kappa shape index (κ3) is 3.03. The Balaban J connectivity index is 2.18. The summed E-state index contributed by atoms with van der Waals surface area (Å²) in [7, 11) is 3.02. The average Bonchev–Trinajstić information content (AvgIpc) is 3.02. The third-order valence-corrected chi connectivity index (χ3v) is 4.42. The molecule has 0 spiro atoms. The van der Waals surface area contributed by atoms with E-state index in [0.717, 1.165) is 16.6 Å². The zero-order chi connectivity index (χ0) is 18.8. The molecule has 0 aliphatic heterocycles. The Kier molecular flexibility index (Phi) is 4.94. The van der Waals surface area contributed by atoms with Crippen molar-refractivity contribution in [3.63, 3.8) is 0 Å². The molecule has 0 saturated carbocycles. The second kappa shape index (κ2) is 7.17. The molecular formula is C18H23N5O3. The number of imidazole rings is 1. The van der Waals surface area contributed by atoms with Crippen LogP contribution in [0, 0.1) is 0 Å². The molecule has 0 saturated heterocycles. The highest BCUT2D eigenvalue weighted by Crippen LogP contribution is 2.21. The van der Waals surface area contributed by atoms with Gasteiger partial charge in [-0.05, 0) is 12.0 Å². The summed E-state index contributed by atoms with van der Waals surface area (Å²) >= 11 is 0. The molecule has 8 nitrogen and oxygen atoms in total. The van der Waals surface area contributed by atoms with E-state index in [2.05, 4.69) is 10.3 Å². The Bertz CT molecular complexity index is 1030. The lowest BCUT2D eigenvalue weighted by Crippen LogP contribution is -2.37. The topological polar surface area (TPSA) is 94.1 Å². The molecule has 0 aliphatic rings. The number of hydrogen-bond donors (Lipinski definition) is 2. The van der Waals surface area contributed by atoms with E-state index in [4.69, 9.17) is 0 Å². The maximum absolute atomic E-state index is 12.7. The largest absolute Gasteiger partial charge is 0.387 e. The van der Waals surface area contributed by atoms with Gasteiger partial charge in [0.2, 0.25) is 5.95 Å². The van der Waals surface area contributed by atoms with E-state index in [-0.39, 0.29) is 6.54 Å². The van der Waals surface area contributed by atoms with E-state index < -0.39 is 17.4 Å². The summed E-state index contributed by atoms with van der Waals surface area (Å²) in [6.45, 7) is 2.84. The van der Waals surface area contributed by atoms with Crippen molar-refractivity contribution in [2.75, 3.05) is 11.9 Å². The van der Waals surface area contributed by atoms with Crippen LogP contribution in [0.25, 0.3) is 11.2 Å². The normalized spacial score (nSPS) is 12.5. The van der Waals surface area contributed by atoms with Crippen molar-refractivity contribution in [1.29, 1.82) is 0 Å². The molecule has 2 aromatic heterocycles. The van der Waals surface area contributed by atoms with E-state index in [1.54, 1.807) is 11.6 Å². The van der Waals surface area contributed by atoms with Crippen LogP contribution in [0.15, 0.2) is 39.9 Å². The summed E-state index contributed by atoms with van der Waals surface area (Å²) < 4.78 is 4.06. The number of nitrogens with zero attached hydrogens (tertiary/aromatic N) is 4. The van der Waals surface area contributed by atoms with E-state index in [1.807, 2.05) is 37.3 Å². The van der Waals surface area contributed by atoms with Gasteiger partial charge in [-0.15, -0.1) is 0 Å². The molecule has 0 bridgehead atoms. The minimum Gasteiger partial charge on any atom is -0.387 e. The Morgan fingerprint density at radius 3 is 2.50 bits per heavy atom. The number of anilines is 1. The molecule has 1 aromatic carbocycles. The lowest BCUT2D eigenvalue weighted by Gasteiger charge is -2.15. The van der Waals surface area contributed by atoms with Gasteiger partial charge in [0, 0.05) is 20.6 Å². The second-order valence-corrected chi connectivity index (χ2v) is 6.28. The predicted octanol–water partition coefficient (Wildman–Crippen LogP) is 0.989. The monoisotopic (exact) mass is 357 g/mol. The van der Waals surface area contributed by atoms with Crippen LogP contribution >= 0.6 is 0 Å². The Hall–Kier alpha value is -2.87. The van der Waals surface area contributed by atoms with Crippen molar-refractivity contribution in [2.24, 2.45) is 14.1 Å². The first-order valence-electron chi connectivity index (χ1n) is 8.58. The second-order valence-electron chi connectivity index (χ2n) is 6.28. The van der Waals surface area contributed by atoms with Crippen molar-refractivity contribution >= 4 is 17.1 Å². The van der Waals surface area contributed by atoms with E-state index in [9.17, 15) is 14.7 Å². The fourth-order valence-electron chi connectivity index (χ4n) is 2.95. The van der Waals surface area contributed by atoms with Gasteiger partial charge >= 0.3 is 5.69 Å². The Morgan fingerprint density at radius 2 is 1.85 bits per heavy atom. The number of aryl methyl sites for hydroxylation is 1. The molecule has 3 aromatic rings. The lowest BCUT2D eigenvalue weighted by molar-refractivity contribution is 0.158. The summed E-state index contributed by atoms with van der Waals surface area (Å²) in [4.78, 5) is 29.3. The smallest absolute Gasteiger partial charge is 0.332 e. The summed E-state index contributed by atoms with van der Waals surface area (Å²) in [6.07, 6.45) is 0.0687. The zero-order valence-electron chi connectivity index (χ0n) is 15.1. The summed E-state index contributed by atoms with van der Waals surface area (Å²) in [5.74, 6) is 0.468. The number of nitrogens with one attached hydrogen (secondary N) is 1. The standard InChI is InChI=1S/C18H23N5O3/c1-4-10-19-17-20-15-14(16(25)22(3)18(26)21(15)2)23(17)11-13(24)12-8-6-5-7-9-12/h5-9,13,24H,4,10-11H2,1-3H3,(H,19,20)/t13-/m0/s1. The predicted molar refractivity (Wildman–Crippen MR) is 100 cm³/mol. The minimum absolute atomic E-state index is 0.153. The summed E-state index contributed by atoms with van der Waals surface area (Å²) in [5, 5.41) is 13.8. The van der Waals surface area contributed by atoms with Gasteiger partial charge in [-0.25, -0.2) is 4.79 Å². The van der Waals surface area contributed by atoms with Crippen LogP contribution in [0.1, 0.15) is 25.0 Å². The third-order valence-electron chi connectivity index (χ3n) is 4.42. The van der Waals surface area contributed by atoms with Crippen LogP contribution in [0.5, 0.6) is 0 Å². The highest BCUT2D eigenvalue weighted by Gasteiger charge is 2.21. The fourth-order valence-corrected chi connectivity index (χ4v) is 2.95. The van der Waals surface area contributed by atoms with Gasteiger partial charge in [0.25, 0.3) is 5.56 Å². The number of fused-ring (bicyclic) bond motifs is 1. The van der Waals surface area contributed by atoms with Crippen molar-refractivity contribution < 1.29 is 5.11 Å². The number of benzene rings is 1.